The maximum Gasteiger partial charge on any atom is 0.0795 e. The highest BCUT2D eigenvalue weighted by molar-refractivity contribution is 7.11. The molecule has 0 atom stereocenters. The van der Waals surface area contributed by atoms with Crippen molar-refractivity contribution in [1.82, 2.24) is 15.2 Å². The molecule has 0 saturated heterocycles. The Labute approximate surface area is 122 Å². The molecule has 0 radical (unpaired) electrons. The van der Waals surface area contributed by atoms with E-state index in [-0.39, 0.29) is 0 Å². The highest BCUT2D eigenvalue weighted by Gasteiger charge is 2.20. The van der Waals surface area contributed by atoms with Crippen molar-refractivity contribution in [2.24, 2.45) is 0 Å². The summed E-state index contributed by atoms with van der Waals surface area (Å²) in [5.41, 5.74) is 3.07. The number of nitrogens with zero attached hydrogens (tertiary/aromatic N) is 2. The van der Waals surface area contributed by atoms with Gasteiger partial charge in [-0.05, 0) is 32.0 Å². The number of aromatic nitrogens is 1. The molecule has 1 saturated carbocycles. The van der Waals surface area contributed by atoms with Gasteiger partial charge >= 0.3 is 0 Å². The molecule has 2 heterocycles. The molecule has 1 aliphatic carbocycles. The topological polar surface area (TPSA) is 28.2 Å². The largest absolute Gasteiger partial charge is 0.309 e. The van der Waals surface area contributed by atoms with E-state index < -0.39 is 0 Å². The summed E-state index contributed by atoms with van der Waals surface area (Å²) >= 11 is 3.59. The van der Waals surface area contributed by atoms with Crippen molar-refractivity contribution in [2.45, 2.75) is 38.5 Å². The van der Waals surface area contributed by atoms with Gasteiger partial charge < -0.3 is 5.32 Å². The molecule has 1 fully saturated rings. The Balaban J connectivity index is 1.48. The van der Waals surface area contributed by atoms with Crippen LogP contribution in [0.5, 0.6) is 0 Å². The third kappa shape index (κ3) is 4.11. The van der Waals surface area contributed by atoms with Crippen molar-refractivity contribution in [1.29, 1.82) is 0 Å². The molecule has 102 valence electrons. The molecule has 3 rings (SSSR count). The van der Waals surface area contributed by atoms with Crippen molar-refractivity contribution in [3.63, 3.8) is 0 Å². The first-order valence-corrected chi connectivity index (χ1v) is 8.42. The lowest BCUT2D eigenvalue weighted by Gasteiger charge is -2.13. The second kappa shape index (κ2) is 6.13. The zero-order chi connectivity index (χ0) is 13.1. The smallest absolute Gasteiger partial charge is 0.0795 e. The summed E-state index contributed by atoms with van der Waals surface area (Å²) in [6, 6.07) is 5.30. The molecule has 19 heavy (non-hydrogen) atoms. The molecule has 3 nitrogen and oxygen atoms in total. The van der Waals surface area contributed by atoms with Gasteiger partial charge in [-0.2, -0.15) is 0 Å². The van der Waals surface area contributed by atoms with Crippen LogP contribution < -0.4 is 5.32 Å². The maximum absolute atomic E-state index is 4.33. The lowest BCUT2D eigenvalue weighted by Crippen LogP contribution is -2.16. The van der Waals surface area contributed by atoms with E-state index >= 15 is 0 Å². The fourth-order valence-electron chi connectivity index (χ4n) is 2.05. The Bertz CT molecular complexity index is 503. The van der Waals surface area contributed by atoms with Gasteiger partial charge in [-0.25, -0.2) is 4.98 Å². The van der Waals surface area contributed by atoms with Gasteiger partial charge in [0, 0.05) is 40.8 Å². The molecule has 0 aromatic carbocycles. The van der Waals surface area contributed by atoms with Crippen LogP contribution in [-0.2, 0) is 19.6 Å². The van der Waals surface area contributed by atoms with Crippen molar-refractivity contribution >= 4 is 22.7 Å². The Hall–Kier alpha value is -0.750. The molecule has 2 aromatic rings. The minimum atomic E-state index is 0.790. The molecule has 2 aromatic heterocycles. The Kier molecular flexibility index (Phi) is 4.28. The molecule has 5 heteroatoms. The summed E-state index contributed by atoms with van der Waals surface area (Å²) in [7, 11) is 2.15. The summed E-state index contributed by atoms with van der Waals surface area (Å²) in [5, 5.41) is 5.69. The fourth-order valence-corrected chi connectivity index (χ4v) is 3.65. The quantitative estimate of drug-likeness (QED) is 0.850. The van der Waals surface area contributed by atoms with Gasteiger partial charge in [-0.1, -0.05) is 0 Å². The van der Waals surface area contributed by atoms with E-state index in [4.69, 9.17) is 0 Å². The van der Waals surface area contributed by atoms with Crippen molar-refractivity contribution in [3.05, 3.63) is 38.5 Å². The Morgan fingerprint density at radius 1 is 1.32 bits per heavy atom. The van der Waals surface area contributed by atoms with Crippen LogP contribution in [0.4, 0.5) is 0 Å². The van der Waals surface area contributed by atoms with Crippen LogP contribution in [0.15, 0.2) is 23.0 Å². The first-order chi connectivity index (χ1) is 9.29. The predicted molar refractivity (Wildman–Crippen MR) is 81.5 cm³/mol. The van der Waals surface area contributed by atoms with Crippen molar-refractivity contribution in [2.75, 3.05) is 7.05 Å². The van der Waals surface area contributed by atoms with Gasteiger partial charge in [0.25, 0.3) is 0 Å². The van der Waals surface area contributed by atoms with Crippen LogP contribution >= 0.6 is 22.7 Å². The summed E-state index contributed by atoms with van der Waals surface area (Å²) in [5.74, 6) is 0. The third-order valence-corrected chi connectivity index (χ3v) is 4.91. The number of rotatable bonds is 7. The molecule has 0 bridgehead atoms. The summed E-state index contributed by atoms with van der Waals surface area (Å²) in [4.78, 5) is 9.53. The number of thiazole rings is 1. The molecular formula is C14H19N3S2. The second-order valence-electron chi connectivity index (χ2n) is 5.18. The average Bonchev–Trinajstić information content (AvgIpc) is 2.88. The number of thiophene rings is 1. The number of hydrogen-bond donors (Lipinski definition) is 1. The number of hydrogen-bond acceptors (Lipinski definition) is 5. The molecule has 1 aliphatic rings. The molecule has 0 spiro atoms. The highest BCUT2D eigenvalue weighted by atomic mass is 32.1. The summed E-state index contributed by atoms with van der Waals surface area (Å²) in [6.07, 6.45) is 2.71. The first kappa shape index (κ1) is 13.2. The van der Waals surface area contributed by atoms with Gasteiger partial charge in [0.2, 0.25) is 0 Å². The summed E-state index contributed by atoms with van der Waals surface area (Å²) in [6.45, 7) is 2.97. The van der Waals surface area contributed by atoms with Gasteiger partial charge in [-0.15, -0.1) is 22.7 Å². The monoisotopic (exact) mass is 293 g/mol. The van der Waals surface area contributed by atoms with Crippen LogP contribution in [0.2, 0.25) is 0 Å². The Morgan fingerprint density at radius 3 is 2.89 bits per heavy atom. The molecule has 0 aliphatic heterocycles. The molecular weight excluding hydrogens is 274 g/mol. The van der Waals surface area contributed by atoms with Crippen molar-refractivity contribution in [3.8, 4) is 0 Å². The van der Waals surface area contributed by atoms with E-state index in [1.165, 1.54) is 28.3 Å². The number of nitrogens with one attached hydrogen (secondary N) is 1. The van der Waals surface area contributed by atoms with Crippen LogP contribution in [-0.4, -0.2) is 23.0 Å². The van der Waals surface area contributed by atoms with E-state index in [2.05, 4.69) is 39.8 Å². The van der Waals surface area contributed by atoms with Gasteiger partial charge in [0.15, 0.2) is 0 Å². The van der Waals surface area contributed by atoms with E-state index in [0.29, 0.717) is 0 Å². The SMILES string of the molecule is CN(Cc1cscn1)Cc1ccc(CNC2CC2)s1. The minimum Gasteiger partial charge on any atom is -0.309 e. The fraction of sp³-hybridized carbons (Fsp3) is 0.500. The third-order valence-electron chi connectivity index (χ3n) is 3.20. The molecule has 0 amide bonds. The Morgan fingerprint density at radius 2 is 2.16 bits per heavy atom. The van der Waals surface area contributed by atoms with Crippen LogP contribution in [0.25, 0.3) is 0 Å². The standard InChI is InChI=1S/C14H19N3S2/c1-17(7-12-9-18-10-16-12)8-14-5-4-13(19-14)6-15-11-2-3-11/h4-5,9-11,15H,2-3,6-8H2,1H3. The minimum absolute atomic E-state index is 0.790. The van der Waals surface area contributed by atoms with E-state index in [9.17, 15) is 0 Å². The van der Waals surface area contributed by atoms with Crippen LogP contribution in [0.3, 0.4) is 0 Å². The van der Waals surface area contributed by atoms with Crippen LogP contribution in [0, 0.1) is 0 Å². The van der Waals surface area contributed by atoms with Gasteiger partial charge in [-0.3, -0.25) is 4.90 Å². The lowest BCUT2D eigenvalue weighted by molar-refractivity contribution is 0.318. The summed E-state index contributed by atoms with van der Waals surface area (Å²) < 4.78 is 0. The highest BCUT2D eigenvalue weighted by Crippen LogP contribution is 2.22. The maximum atomic E-state index is 4.33. The average molecular weight is 293 g/mol. The van der Waals surface area contributed by atoms with Gasteiger partial charge in [0.1, 0.15) is 0 Å². The first-order valence-electron chi connectivity index (χ1n) is 6.66. The van der Waals surface area contributed by atoms with Crippen LogP contribution in [0.1, 0.15) is 28.3 Å². The van der Waals surface area contributed by atoms with E-state index in [1.54, 1.807) is 11.3 Å². The molecule has 0 unspecified atom stereocenters. The lowest BCUT2D eigenvalue weighted by atomic mass is 10.3. The van der Waals surface area contributed by atoms with E-state index in [0.717, 1.165) is 25.7 Å². The zero-order valence-electron chi connectivity index (χ0n) is 11.1. The zero-order valence-corrected chi connectivity index (χ0v) is 12.8. The predicted octanol–water partition coefficient (Wildman–Crippen LogP) is 3.09. The van der Waals surface area contributed by atoms with Crippen molar-refractivity contribution < 1.29 is 0 Å². The normalized spacial score (nSPS) is 15.3. The van der Waals surface area contributed by atoms with Gasteiger partial charge in [0.05, 0.1) is 11.2 Å². The molecule has 1 N–H and O–H groups in total. The second-order valence-corrected chi connectivity index (χ2v) is 7.15. The van der Waals surface area contributed by atoms with E-state index in [1.807, 2.05) is 16.8 Å².